The molecule has 1 heterocycles. The molecule has 0 atom stereocenters. The Morgan fingerprint density at radius 1 is 1.12 bits per heavy atom. The van der Waals surface area contributed by atoms with Gasteiger partial charge in [-0.05, 0) is 16.8 Å². The van der Waals surface area contributed by atoms with Crippen molar-refractivity contribution in [3.63, 3.8) is 0 Å². The first-order chi connectivity index (χ1) is 7.90. The van der Waals surface area contributed by atoms with Crippen LogP contribution in [0.4, 0.5) is 0 Å². The number of benzene rings is 2. The van der Waals surface area contributed by atoms with E-state index >= 15 is 0 Å². The molecular formula is C13H9NO2. The second kappa shape index (κ2) is 3.38. The van der Waals surface area contributed by atoms with Crippen LogP contribution in [0.5, 0.6) is 0 Å². The average molecular weight is 211 g/mol. The van der Waals surface area contributed by atoms with Crippen LogP contribution in [0.15, 0.2) is 52.2 Å². The Balaban J connectivity index is 2.51. The highest BCUT2D eigenvalue weighted by atomic mass is 16.4. The van der Waals surface area contributed by atoms with E-state index in [0.29, 0.717) is 0 Å². The standard InChI is InChI=1S/C13H9NO2/c15-14-7-10-8-16-12-6-5-9-3-1-2-4-11(9)13(10)12/h1-8,15H. The maximum atomic E-state index is 8.60. The highest BCUT2D eigenvalue weighted by molar-refractivity contribution is 6.13. The minimum absolute atomic E-state index is 0.786. The summed E-state index contributed by atoms with van der Waals surface area (Å²) in [6.45, 7) is 0. The van der Waals surface area contributed by atoms with Crippen molar-refractivity contribution >= 4 is 28.0 Å². The quantitative estimate of drug-likeness (QED) is 0.381. The summed E-state index contributed by atoms with van der Waals surface area (Å²) in [5.74, 6) is 0. The summed E-state index contributed by atoms with van der Waals surface area (Å²) in [5.41, 5.74) is 1.59. The van der Waals surface area contributed by atoms with Crippen LogP contribution in [-0.2, 0) is 0 Å². The van der Waals surface area contributed by atoms with Gasteiger partial charge in [-0.3, -0.25) is 0 Å². The summed E-state index contributed by atoms with van der Waals surface area (Å²) in [6, 6.07) is 12.0. The van der Waals surface area contributed by atoms with Crippen LogP contribution in [0.2, 0.25) is 0 Å². The van der Waals surface area contributed by atoms with Gasteiger partial charge in [0.15, 0.2) is 0 Å². The maximum Gasteiger partial charge on any atom is 0.135 e. The number of oxime groups is 1. The number of furan rings is 1. The summed E-state index contributed by atoms with van der Waals surface area (Å²) in [7, 11) is 0. The molecule has 0 bridgehead atoms. The van der Waals surface area contributed by atoms with Gasteiger partial charge >= 0.3 is 0 Å². The van der Waals surface area contributed by atoms with Gasteiger partial charge < -0.3 is 9.62 Å². The van der Waals surface area contributed by atoms with Crippen LogP contribution >= 0.6 is 0 Å². The van der Waals surface area contributed by atoms with Crippen molar-refractivity contribution in [1.29, 1.82) is 0 Å². The van der Waals surface area contributed by atoms with Gasteiger partial charge in [-0.15, -0.1) is 0 Å². The van der Waals surface area contributed by atoms with Crippen molar-refractivity contribution in [3.05, 3.63) is 48.2 Å². The van der Waals surface area contributed by atoms with Crippen molar-refractivity contribution in [2.45, 2.75) is 0 Å². The van der Waals surface area contributed by atoms with E-state index in [9.17, 15) is 0 Å². The molecule has 3 heteroatoms. The molecule has 1 N–H and O–H groups in total. The van der Waals surface area contributed by atoms with Crippen molar-refractivity contribution in [2.75, 3.05) is 0 Å². The Hall–Kier alpha value is -2.29. The van der Waals surface area contributed by atoms with Crippen LogP contribution in [0.3, 0.4) is 0 Å². The first-order valence-corrected chi connectivity index (χ1v) is 4.96. The predicted molar refractivity (Wildman–Crippen MR) is 63.1 cm³/mol. The summed E-state index contributed by atoms with van der Waals surface area (Å²) in [4.78, 5) is 0. The fourth-order valence-corrected chi connectivity index (χ4v) is 1.99. The summed E-state index contributed by atoms with van der Waals surface area (Å²) in [6.07, 6.45) is 2.98. The van der Waals surface area contributed by atoms with E-state index in [-0.39, 0.29) is 0 Å². The molecule has 3 rings (SSSR count). The molecule has 16 heavy (non-hydrogen) atoms. The van der Waals surface area contributed by atoms with Gasteiger partial charge in [0.1, 0.15) is 11.8 Å². The molecule has 0 aliphatic carbocycles. The number of hydrogen-bond acceptors (Lipinski definition) is 3. The van der Waals surface area contributed by atoms with Gasteiger partial charge in [-0.2, -0.15) is 0 Å². The molecule has 0 fully saturated rings. The molecule has 0 radical (unpaired) electrons. The Labute approximate surface area is 91.6 Å². The van der Waals surface area contributed by atoms with Crippen LogP contribution in [0, 0.1) is 0 Å². The lowest BCUT2D eigenvalue weighted by atomic mass is 10.0. The Kier molecular flexibility index (Phi) is 1.90. The number of nitrogens with zero attached hydrogens (tertiary/aromatic N) is 1. The van der Waals surface area contributed by atoms with Crippen molar-refractivity contribution < 1.29 is 9.62 Å². The lowest BCUT2D eigenvalue weighted by molar-refractivity contribution is 0.322. The molecule has 78 valence electrons. The second-order valence-corrected chi connectivity index (χ2v) is 3.60. The summed E-state index contributed by atoms with van der Waals surface area (Å²) < 4.78 is 5.41. The monoisotopic (exact) mass is 211 g/mol. The molecule has 0 unspecified atom stereocenters. The second-order valence-electron chi connectivity index (χ2n) is 3.60. The van der Waals surface area contributed by atoms with E-state index in [1.807, 2.05) is 36.4 Å². The minimum atomic E-state index is 0.786. The smallest absolute Gasteiger partial charge is 0.135 e. The molecule has 0 amide bonds. The van der Waals surface area contributed by atoms with E-state index in [4.69, 9.17) is 9.62 Å². The third-order valence-electron chi connectivity index (χ3n) is 2.69. The zero-order valence-corrected chi connectivity index (χ0v) is 8.42. The van der Waals surface area contributed by atoms with E-state index < -0.39 is 0 Å². The lowest BCUT2D eigenvalue weighted by Gasteiger charge is -1.98. The zero-order valence-electron chi connectivity index (χ0n) is 8.42. The Morgan fingerprint density at radius 3 is 2.88 bits per heavy atom. The fraction of sp³-hybridized carbons (Fsp3) is 0. The van der Waals surface area contributed by atoms with Gasteiger partial charge in [0.05, 0.1) is 6.21 Å². The molecule has 3 nitrogen and oxygen atoms in total. The van der Waals surface area contributed by atoms with Gasteiger partial charge in [-0.1, -0.05) is 35.5 Å². The van der Waals surface area contributed by atoms with Gasteiger partial charge in [-0.25, -0.2) is 0 Å². The average Bonchev–Trinajstić information content (AvgIpc) is 2.73. The molecule has 3 aromatic rings. The number of hydrogen-bond donors (Lipinski definition) is 1. The minimum Gasteiger partial charge on any atom is -0.464 e. The SMILES string of the molecule is ON=Cc1coc2ccc3ccccc3c12. The van der Waals surface area contributed by atoms with Crippen molar-refractivity contribution in [2.24, 2.45) is 5.16 Å². The topological polar surface area (TPSA) is 45.7 Å². The zero-order chi connectivity index (χ0) is 11.0. The third kappa shape index (κ3) is 1.18. The molecular weight excluding hydrogens is 202 g/mol. The summed E-state index contributed by atoms with van der Waals surface area (Å²) >= 11 is 0. The highest BCUT2D eigenvalue weighted by Gasteiger charge is 2.07. The molecule has 0 saturated heterocycles. The molecule has 0 saturated carbocycles. The molecule has 1 aromatic heterocycles. The predicted octanol–water partition coefficient (Wildman–Crippen LogP) is 3.39. The largest absolute Gasteiger partial charge is 0.464 e. The van der Waals surface area contributed by atoms with Crippen LogP contribution in [0.25, 0.3) is 21.7 Å². The number of fused-ring (bicyclic) bond motifs is 3. The van der Waals surface area contributed by atoms with Gasteiger partial charge in [0.25, 0.3) is 0 Å². The maximum absolute atomic E-state index is 8.60. The third-order valence-corrected chi connectivity index (χ3v) is 2.69. The number of rotatable bonds is 1. The summed E-state index contributed by atoms with van der Waals surface area (Å²) in [5, 5.41) is 14.9. The van der Waals surface area contributed by atoms with E-state index in [1.54, 1.807) is 6.26 Å². The molecule has 0 spiro atoms. The molecule has 0 aliphatic rings. The van der Waals surface area contributed by atoms with Crippen LogP contribution < -0.4 is 0 Å². The first-order valence-electron chi connectivity index (χ1n) is 4.96. The molecule has 0 aliphatic heterocycles. The Bertz CT molecular complexity index is 683. The Morgan fingerprint density at radius 2 is 2.00 bits per heavy atom. The fourth-order valence-electron chi connectivity index (χ4n) is 1.99. The van der Waals surface area contributed by atoms with Gasteiger partial charge in [0.2, 0.25) is 0 Å². The van der Waals surface area contributed by atoms with Crippen LogP contribution in [-0.4, -0.2) is 11.4 Å². The normalized spacial score (nSPS) is 11.8. The van der Waals surface area contributed by atoms with E-state index in [2.05, 4.69) is 5.16 Å². The van der Waals surface area contributed by atoms with Gasteiger partial charge in [0, 0.05) is 10.9 Å². The van der Waals surface area contributed by atoms with E-state index in [0.717, 1.165) is 27.3 Å². The highest BCUT2D eigenvalue weighted by Crippen LogP contribution is 2.28. The first kappa shape index (κ1) is 8.97. The van der Waals surface area contributed by atoms with Crippen LogP contribution in [0.1, 0.15) is 5.56 Å². The van der Waals surface area contributed by atoms with E-state index in [1.165, 1.54) is 6.21 Å². The van der Waals surface area contributed by atoms with Crippen molar-refractivity contribution in [1.82, 2.24) is 0 Å². The molecule has 2 aromatic carbocycles. The lowest BCUT2D eigenvalue weighted by Crippen LogP contribution is -1.79. The van der Waals surface area contributed by atoms with Crippen molar-refractivity contribution in [3.8, 4) is 0 Å².